The molecule has 0 aromatic carbocycles. The van der Waals surface area contributed by atoms with Gasteiger partial charge in [-0.25, -0.2) is 0 Å². The molecule has 0 aliphatic heterocycles. The first-order valence-electron chi connectivity index (χ1n) is 13.4. The molecule has 0 aromatic heterocycles. The molecule has 0 heterocycles. The van der Waals surface area contributed by atoms with Gasteiger partial charge in [-0.15, -0.1) is 0 Å². The lowest BCUT2D eigenvalue weighted by Crippen LogP contribution is -2.63. The minimum atomic E-state index is -0.548. The first kappa shape index (κ1) is 21.7. The summed E-state index contributed by atoms with van der Waals surface area (Å²) < 4.78 is 0. The van der Waals surface area contributed by atoms with Crippen molar-refractivity contribution in [3.05, 3.63) is 11.6 Å². The number of carbonyl (C=O) groups is 1. The lowest BCUT2D eigenvalue weighted by atomic mass is 9.35. The Morgan fingerprint density at radius 2 is 1.69 bits per heavy atom. The molecule has 6 aliphatic carbocycles. The minimum absolute atomic E-state index is 0.00782. The van der Waals surface area contributed by atoms with Gasteiger partial charge in [0.1, 0.15) is 0 Å². The van der Waals surface area contributed by atoms with E-state index in [9.17, 15) is 15.0 Å². The number of aliphatic hydroxyl groups excluding tert-OH is 1. The van der Waals surface area contributed by atoms with Crippen molar-refractivity contribution >= 4 is 5.97 Å². The van der Waals surface area contributed by atoms with E-state index in [4.69, 9.17) is 0 Å². The number of aliphatic hydroxyl groups is 1. The van der Waals surface area contributed by atoms with Crippen LogP contribution in [0.4, 0.5) is 0 Å². The number of hydrogen-bond donors (Lipinski definition) is 2. The van der Waals surface area contributed by atoms with Crippen LogP contribution in [0.25, 0.3) is 0 Å². The van der Waals surface area contributed by atoms with Crippen LogP contribution in [0, 0.1) is 62.6 Å². The summed E-state index contributed by atoms with van der Waals surface area (Å²) >= 11 is 0. The summed E-state index contributed by atoms with van der Waals surface area (Å²) in [5.74, 6) is 2.00. The highest BCUT2D eigenvalue weighted by atomic mass is 16.4. The fourth-order valence-electron chi connectivity index (χ4n) is 11.8. The van der Waals surface area contributed by atoms with Crippen molar-refractivity contribution in [1.82, 2.24) is 0 Å². The third kappa shape index (κ3) is 2.22. The van der Waals surface area contributed by atoms with Gasteiger partial charge in [0.25, 0.3) is 0 Å². The van der Waals surface area contributed by atoms with Crippen LogP contribution in [0.1, 0.15) is 92.9 Å². The van der Waals surface area contributed by atoms with Crippen molar-refractivity contribution in [2.24, 2.45) is 62.6 Å². The zero-order chi connectivity index (χ0) is 23.1. The Morgan fingerprint density at radius 3 is 2.38 bits per heavy atom. The normalized spacial score (nSPS) is 59.6. The topological polar surface area (TPSA) is 57.5 Å². The summed E-state index contributed by atoms with van der Waals surface area (Å²) in [6.45, 7) is 14.8. The Morgan fingerprint density at radius 1 is 0.969 bits per heavy atom. The average molecular weight is 441 g/mol. The SMILES string of the molecule is CC12CC(C(=O)O)C3C(C1)C1=CCC4C5(C)CCC(O)C(C)(C)C5CCC4(C)C1(C)CC32. The van der Waals surface area contributed by atoms with Gasteiger partial charge in [-0.3, -0.25) is 4.79 Å². The number of fused-ring (bicyclic) bond motifs is 6. The van der Waals surface area contributed by atoms with Crippen LogP contribution < -0.4 is 0 Å². The molecule has 0 saturated heterocycles. The van der Waals surface area contributed by atoms with Gasteiger partial charge in [-0.1, -0.05) is 53.2 Å². The molecule has 11 unspecified atom stereocenters. The Kier molecular flexibility index (Phi) is 4.10. The Hall–Kier alpha value is -0.830. The van der Waals surface area contributed by atoms with E-state index in [1.54, 1.807) is 5.57 Å². The Balaban J connectivity index is 1.43. The molecule has 0 amide bonds. The number of aliphatic carboxylic acids is 1. The quantitative estimate of drug-likeness (QED) is 0.470. The van der Waals surface area contributed by atoms with Crippen LogP contribution >= 0.6 is 0 Å². The van der Waals surface area contributed by atoms with Crippen LogP contribution in [0.3, 0.4) is 0 Å². The molecule has 3 heteroatoms. The summed E-state index contributed by atoms with van der Waals surface area (Å²) in [4.78, 5) is 12.1. The van der Waals surface area contributed by atoms with Crippen molar-refractivity contribution in [3.8, 4) is 0 Å². The fraction of sp³-hybridized carbons (Fsp3) is 0.897. The molecule has 32 heavy (non-hydrogen) atoms. The number of rotatable bonds is 1. The van der Waals surface area contributed by atoms with Crippen LogP contribution in [0.2, 0.25) is 0 Å². The molecule has 0 radical (unpaired) electrons. The molecular weight excluding hydrogens is 396 g/mol. The fourth-order valence-corrected chi connectivity index (χ4v) is 11.8. The van der Waals surface area contributed by atoms with Gasteiger partial charge >= 0.3 is 5.97 Å². The van der Waals surface area contributed by atoms with Gasteiger partial charge in [-0.05, 0) is 108 Å². The molecular formula is C29H44O3. The predicted molar refractivity (Wildman–Crippen MR) is 126 cm³/mol. The Labute approximate surface area is 194 Å². The van der Waals surface area contributed by atoms with Crippen LogP contribution in [-0.4, -0.2) is 22.3 Å². The second kappa shape index (κ2) is 6.04. The molecule has 6 aliphatic rings. The second-order valence-electron chi connectivity index (χ2n) is 14.7. The molecule has 6 rings (SSSR count). The van der Waals surface area contributed by atoms with Crippen molar-refractivity contribution in [2.75, 3.05) is 0 Å². The number of allylic oxidation sites excluding steroid dienone is 2. The van der Waals surface area contributed by atoms with Crippen molar-refractivity contribution in [1.29, 1.82) is 0 Å². The molecule has 11 atom stereocenters. The third-order valence-corrected chi connectivity index (χ3v) is 13.5. The highest BCUT2D eigenvalue weighted by molar-refractivity contribution is 5.72. The van der Waals surface area contributed by atoms with E-state index in [2.05, 4.69) is 47.6 Å². The first-order chi connectivity index (χ1) is 14.8. The van der Waals surface area contributed by atoms with E-state index < -0.39 is 5.97 Å². The Bertz CT molecular complexity index is 904. The maximum Gasteiger partial charge on any atom is 0.306 e. The van der Waals surface area contributed by atoms with Crippen LogP contribution in [0.5, 0.6) is 0 Å². The van der Waals surface area contributed by atoms with E-state index in [0.717, 1.165) is 25.7 Å². The maximum atomic E-state index is 12.1. The third-order valence-electron chi connectivity index (χ3n) is 13.5. The summed E-state index contributed by atoms with van der Waals surface area (Å²) in [5.41, 5.74) is 2.61. The van der Waals surface area contributed by atoms with Crippen molar-refractivity contribution in [2.45, 2.75) is 99.0 Å². The highest BCUT2D eigenvalue weighted by Crippen LogP contribution is 2.79. The molecule has 0 aromatic rings. The number of hydrogen-bond acceptors (Lipinski definition) is 2. The zero-order valence-electron chi connectivity index (χ0n) is 21.1. The van der Waals surface area contributed by atoms with Crippen molar-refractivity contribution in [3.63, 3.8) is 0 Å². The van der Waals surface area contributed by atoms with Crippen molar-refractivity contribution < 1.29 is 15.0 Å². The van der Waals surface area contributed by atoms with Gasteiger partial charge in [0.05, 0.1) is 12.0 Å². The van der Waals surface area contributed by atoms with Gasteiger partial charge in [0.15, 0.2) is 0 Å². The lowest BCUT2D eigenvalue weighted by molar-refractivity contribution is -0.200. The van der Waals surface area contributed by atoms with Gasteiger partial charge in [0.2, 0.25) is 0 Å². The molecule has 3 nitrogen and oxygen atoms in total. The van der Waals surface area contributed by atoms with Gasteiger partial charge < -0.3 is 10.2 Å². The van der Waals surface area contributed by atoms with Gasteiger partial charge in [0, 0.05) is 0 Å². The van der Waals surface area contributed by atoms with E-state index >= 15 is 0 Å². The monoisotopic (exact) mass is 440 g/mol. The maximum absolute atomic E-state index is 12.1. The van der Waals surface area contributed by atoms with E-state index in [-0.39, 0.29) is 39.1 Å². The predicted octanol–water partition coefficient (Wildman–Crippen LogP) is 6.31. The summed E-state index contributed by atoms with van der Waals surface area (Å²) in [7, 11) is 0. The van der Waals surface area contributed by atoms with E-state index in [0.29, 0.717) is 29.6 Å². The molecule has 0 spiro atoms. The summed E-state index contributed by atoms with van der Waals surface area (Å²) in [6.07, 6.45) is 11.5. The van der Waals surface area contributed by atoms with Crippen LogP contribution in [0.15, 0.2) is 11.6 Å². The lowest BCUT2D eigenvalue weighted by Gasteiger charge is -2.70. The molecule has 2 N–H and O–H groups in total. The molecule has 5 fully saturated rings. The summed E-state index contributed by atoms with van der Waals surface area (Å²) in [6, 6.07) is 0. The number of carboxylic acid groups (broad SMARTS) is 1. The van der Waals surface area contributed by atoms with E-state index in [1.807, 2.05) is 0 Å². The second-order valence-corrected chi connectivity index (χ2v) is 14.7. The minimum Gasteiger partial charge on any atom is -0.481 e. The van der Waals surface area contributed by atoms with Gasteiger partial charge in [-0.2, -0.15) is 0 Å². The largest absolute Gasteiger partial charge is 0.481 e. The molecule has 178 valence electrons. The van der Waals surface area contributed by atoms with Crippen LogP contribution in [-0.2, 0) is 4.79 Å². The smallest absolute Gasteiger partial charge is 0.306 e. The average Bonchev–Trinajstić information content (AvgIpc) is 3.09. The zero-order valence-corrected chi connectivity index (χ0v) is 21.1. The molecule has 5 saturated carbocycles. The first-order valence-corrected chi connectivity index (χ1v) is 13.4. The van der Waals surface area contributed by atoms with E-state index in [1.165, 1.54) is 25.7 Å². The number of carboxylic acids is 1. The summed E-state index contributed by atoms with van der Waals surface area (Å²) in [5, 5.41) is 20.9. The standard InChI is InChI=1S/C29H44O3/c1-25(2)20-9-12-28(5)21(27(20,4)11-10-22(25)30)8-7-18-16-13-26(3)14-17(24(31)32)23(16)19(26)15-29(18,28)6/h7,16-17,19-23,30H,8-15H2,1-6H3,(H,31,32). The molecule has 4 bridgehead atoms. The highest BCUT2D eigenvalue weighted by Gasteiger charge is 2.73.